The fraction of sp³-hybridized carbons (Fsp3) is 0.167. The average Bonchev–Trinajstić information content (AvgIpc) is 3.38. The van der Waals surface area contributed by atoms with Gasteiger partial charge in [0.15, 0.2) is 0 Å². The van der Waals surface area contributed by atoms with Gasteiger partial charge in [0.05, 0.1) is 23.3 Å². The minimum atomic E-state index is -0.141. The van der Waals surface area contributed by atoms with Crippen molar-refractivity contribution in [3.8, 4) is 5.75 Å². The van der Waals surface area contributed by atoms with Gasteiger partial charge < -0.3 is 10.1 Å². The highest BCUT2D eigenvalue weighted by Crippen LogP contribution is 2.20. The fourth-order valence-corrected chi connectivity index (χ4v) is 3.90. The zero-order chi connectivity index (χ0) is 20.9. The number of rotatable bonds is 7. The number of carbonyl (C=O) groups excluding carboxylic acids is 1. The third kappa shape index (κ3) is 4.96. The van der Waals surface area contributed by atoms with Crippen LogP contribution < -0.4 is 10.1 Å². The van der Waals surface area contributed by atoms with Crippen LogP contribution in [0.1, 0.15) is 31.9 Å². The molecule has 0 spiro atoms. The molecule has 1 N–H and O–H groups in total. The molecule has 6 heteroatoms. The lowest BCUT2D eigenvalue weighted by Crippen LogP contribution is -2.09. The average molecular weight is 418 g/mol. The van der Waals surface area contributed by atoms with Gasteiger partial charge in [-0.1, -0.05) is 36.4 Å². The Balaban J connectivity index is 1.34. The first-order chi connectivity index (χ1) is 14.6. The predicted octanol–water partition coefficient (Wildman–Crippen LogP) is 5.44. The predicted molar refractivity (Wildman–Crippen MR) is 120 cm³/mol. The van der Waals surface area contributed by atoms with E-state index < -0.39 is 0 Å². The molecule has 4 rings (SSSR count). The van der Waals surface area contributed by atoms with Crippen molar-refractivity contribution in [3.05, 3.63) is 99.5 Å². The maximum absolute atomic E-state index is 12.6. The Morgan fingerprint density at radius 2 is 2.00 bits per heavy atom. The second kappa shape index (κ2) is 8.97. The number of carbonyl (C=O) groups is 1. The number of amides is 1. The summed E-state index contributed by atoms with van der Waals surface area (Å²) in [4.78, 5) is 13.2. The molecule has 0 aliphatic rings. The molecule has 0 aliphatic heterocycles. The van der Waals surface area contributed by atoms with Crippen LogP contribution in [0.3, 0.4) is 0 Å². The highest BCUT2D eigenvalue weighted by atomic mass is 32.1. The Bertz CT molecular complexity index is 1160. The Morgan fingerprint density at radius 1 is 1.13 bits per heavy atom. The fourth-order valence-electron chi connectivity index (χ4n) is 3.11. The molecular formula is C24H23N3O2S. The molecule has 5 nitrogen and oxygen atoms in total. The normalized spacial score (nSPS) is 10.7. The molecule has 2 aromatic heterocycles. The van der Waals surface area contributed by atoms with Gasteiger partial charge in [-0.25, -0.2) is 0 Å². The summed E-state index contributed by atoms with van der Waals surface area (Å²) in [5.41, 5.74) is 5.23. The Hall–Kier alpha value is -3.38. The van der Waals surface area contributed by atoms with Gasteiger partial charge in [0, 0.05) is 11.8 Å². The molecule has 0 bridgehead atoms. The van der Waals surface area contributed by atoms with Crippen LogP contribution >= 0.6 is 11.3 Å². The number of benzene rings is 2. The molecule has 1 amide bonds. The van der Waals surface area contributed by atoms with Crippen LogP contribution in [0.15, 0.2) is 72.4 Å². The number of nitrogens with zero attached hydrogens (tertiary/aromatic N) is 2. The number of anilines is 1. The lowest BCUT2D eigenvalue weighted by molar-refractivity contribution is 0.103. The molecule has 0 fully saturated rings. The highest BCUT2D eigenvalue weighted by Gasteiger charge is 2.11. The van der Waals surface area contributed by atoms with Gasteiger partial charge >= 0.3 is 0 Å². The third-order valence-corrected chi connectivity index (χ3v) is 5.74. The van der Waals surface area contributed by atoms with Crippen molar-refractivity contribution in [2.24, 2.45) is 0 Å². The van der Waals surface area contributed by atoms with Crippen LogP contribution in [-0.4, -0.2) is 15.7 Å². The molecule has 152 valence electrons. The van der Waals surface area contributed by atoms with Gasteiger partial charge in [-0.2, -0.15) is 5.10 Å². The second-order valence-electron chi connectivity index (χ2n) is 7.23. The van der Waals surface area contributed by atoms with Crippen LogP contribution in [0, 0.1) is 13.8 Å². The van der Waals surface area contributed by atoms with E-state index in [0.29, 0.717) is 23.7 Å². The summed E-state index contributed by atoms with van der Waals surface area (Å²) in [6.07, 6.45) is 3.52. The largest absolute Gasteiger partial charge is 0.489 e. The van der Waals surface area contributed by atoms with E-state index in [-0.39, 0.29) is 5.91 Å². The maximum atomic E-state index is 12.6. The summed E-state index contributed by atoms with van der Waals surface area (Å²) >= 11 is 1.41. The first-order valence-electron chi connectivity index (χ1n) is 9.72. The van der Waals surface area contributed by atoms with E-state index in [4.69, 9.17) is 4.74 Å². The van der Waals surface area contributed by atoms with Crippen molar-refractivity contribution in [2.75, 3.05) is 5.32 Å². The maximum Gasteiger partial charge on any atom is 0.265 e. The smallest absolute Gasteiger partial charge is 0.265 e. The lowest BCUT2D eigenvalue weighted by Gasteiger charge is -2.05. The first kappa shape index (κ1) is 19.9. The van der Waals surface area contributed by atoms with E-state index in [0.717, 1.165) is 16.9 Å². The van der Waals surface area contributed by atoms with Crippen molar-refractivity contribution in [2.45, 2.75) is 27.0 Å². The van der Waals surface area contributed by atoms with E-state index in [9.17, 15) is 4.79 Å². The third-order valence-electron chi connectivity index (χ3n) is 4.76. The molecule has 0 unspecified atom stereocenters. The Morgan fingerprint density at radius 3 is 2.83 bits per heavy atom. The van der Waals surface area contributed by atoms with Gasteiger partial charge in [-0.15, -0.1) is 11.3 Å². The van der Waals surface area contributed by atoms with Crippen LogP contribution in [0.2, 0.25) is 0 Å². The van der Waals surface area contributed by atoms with Crippen LogP contribution in [-0.2, 0) is 13.2 Å². The second-order valence-corrected chi connectivity index (χ2v) is 8.14. The van der Waals surface area contributed by atoms with Crippen molar-refractivity contribution >= 4 is 22.9 Å². The van der Waals surface area contributed by atoms with E-state index in [2.05, 4.69) is 29.5 Å². The number of aromatic nitrogens is 2. The molecule has 0 atom stereocenters. The van der Waals surface area contributed by atoms with Gasteiger partial charge in [-0.3, -0.25) is 9.48 Å². The number of hydrogen-bond donors (Lipinski definition) is 1. The van der Waals surface area contributed by atoms with E-state index in [1.54, 1.807) is 6.20 Å². The van der Waals surface area contributed by atoms with Crippen LogP contribution in [0.25, 0.3) is 0 Å². The topological polar surface area (TPSA) is 56.1 Å². The zero-order valence-corrected chi connectivity index (χ0v) is 17.8. The summed E-state index contributed by atoms with van der Waals surface area (Å²) in [5, 5.41) is 9.23. The summed E-state index contributed by atoms with van der Waals surface area (Å²) < 4.78 is 7.64. The standard InChI is InChI=1S/C24H23N3O2S/c1-17-6-5-9-22(10-17)29-15-19-11-23(30-16-19)24(28)26-21-12-25-27(14-21)13-20-8-4-3-7-18(20)2/h3-12,14,16H,13,15H2,1-2H3,(H,26,28). The zero-order valence-electron chi connectivity index (χ0n) is 17.0. The van der Waals surface area contributed by atoms with Gasteiger partial charge in [-0.05, 0) is 54.1 Å². The summed E-state index contributed by atoms with van der Waals surface area (Å²) in [6.45, 7) is 5.21. The van der Waals surface area contributed by atoms with Crippen LogP contribution in [0.5, 0.6) is 5.75 Å². The number of hydrogen-bond acceptors (Lipinski definition) is 4. The molecule has 2 heterocycles. The van der Waals surface area contributed by atoms with Gasteiger partial charge in [0.1, 0.15) is 12.4 Å². The number of thiophene rings is 1. The lowest BCUT2D eigenvalue weighted by atomic mass is 10.1. The number of aryl methyl sites for hydroxylation is 2. The molecule has 2 aromatic carbocycles. The van der Waals surface area contributed by atoms with Gasteiger partial charge in [0.25, 0.3) is 5.91 Å². The molecule has 0 saturated heterocycles. The van der Waals surface area contributed by atoms with E-state index >= 15 is 0 Å². The minimum Gasteiger partial charge on any atom is -0.489 e. The molecular weight excluding hydrogens is 394 g/mol. The van der Waals surface area contributed by atoms with Crippen LogP contribution in [0.4, 0.5) is 5.69 Å². The van der Waals surface area contributed by atoms with Gasteiger partial charge in [0.2, 0.25) is 0 Å². The van der Waals surface area contributed by atoms with Crippen molar-refractivity contribution < 1.29 is 9.53 Å². The summed E-state index contributed by atoms with van der Waals surface area (Å²) in [6, 6.07) is 18.0. The van der Waals surface area contributed by atoms with Crippen molar-refractivity contribution in [1.29, 1.82) is 0 Å². The Labute approximate surface area is 179 Å². The monoisotopic (exact) mass is 417 g/mol. The number of ether oxygens (including phenoxy) is 1. The molecule has 0 saturated carbocycles. The first-order valence-corrected chi connectivity index (χ1v) is 10.6. The van der Waals surface area contributed by atoms with E-state index in [1.807, 2.05) is 65.6 Å². The molecule has 4 aromatic rings. The molecule has 30 heavy (non-hydrogen) atoms. The number of nitrogens with one attached hydrogen (secondary N) is 1. The summed E-state index contributed by atoms with van der Waals surface area (Å²) in [7, 11) is 0. The van der Waals surface area contributed by atoms with E-state index in [1.165, 1.54) is 22.5 Å². The highest BCUT2D eigenvalue weighted by molar-refractivity contribution is 7.12. The molecule has 0 radical (unpaired) electrons. The Kier molecular flexibility index (Phi) is 5.95. The van der Waals surface area contributed by atoms with Crippen molar-refractivity contribution in [1.82, 2.24) is 9.78 Å². The van der Waals surface area contributed by atoms with Crippen molar-refractivity contribution in [3.63, 3.8) is 0 Å². The quantitative estimate of drug-likeness (QED) is 0.436. The summed E-state index contributed by atoms with van der Waals surface area (Å²) in [5.74, 6) is 0.686. The SMILES string of the molecule is Cc1cccc(OCc2csc(C(=O)Nc3cnn(Cc4ccccc4C)c3)c2)c1. The molecule has 0 aliphatic carbocycles. The minimum absolute atomic E-state index is 0.141.